The van der Waals surface area contributed by atoms with Crippen LogP contribution in [0.5, 0.6) is 5.75 Å². The molecule has 1 aliphatic rings. The fourth-order valence-electron chi connectivity index (χ4n) is 3.69. The molecule has 1 aliphatic heterocycles. The van der Waals surface area contributed by atoms with Gasteiger partial charge in [-0.15, -0.1) is 0 Å². The van der Waals surface area contributed by atoms with E-state index >= 15 is 0 Å². The lowest BCUT2D eigenvalue weighted by molar-refractivity contribution is 0.0865. The Morgan fingerprint density at radius 2 is 1.79 bits per heavy atom. The number of halogens is 2. The summed E-state index contributed by atoms with van der Waals surface area (Å²) in [6.07, 6.45) is 0.438. The second-order valence-electron chi connectivity index (χ2n) is 7.88. The second kappa shape index (κ2) is 10.9. The molecule has 1 heterocycles. The van der Waals surface area contributed by atoms with Crippen LogP contribution in [0, 0.1) is 11.6 Å². The molecule has 176 valence electrons. The van der Waals surface area contributed by atoms with Crippen molar-refractivity contribution in [3.8, 4) is 5.75 Å². The number of benzene rings is 3. The molecule has 0 aliphatic carbocycles. The molecule has 0 spiro atoms. The highest BCUT2D eigenvalue weighted by Crippen LogP contribution is 2.24. The van der Waals surface area contributed by atoms with Gasteiger partial charge in [0.05, 0.1) is 13.2 Å². The third-order valence-corrected chi connectivity index (χ3v) is 5.30. The first kappa shape index (κ1) is 23.4. The van der Waals surface area contributed by atoms with Gasteiger partial charge in [0.15, 0.2) is 0 Å². The maximum atomic E-state index is 13.4. The van der Waals surface area contributed by atoms with Crippen LogP contribution in [0.2, 0.25) is 0 Å². The summed E-state index contributed by atoms with van der Waals surface area (Å²) in [6, 6.07) is 15.4. The van der Waals surface area contributed by atoms with Crippen molar-refractivity contribution in [3.63, 3.8) is 0 Å². The Balaban J connectivity index is 1.56. The fraction of sp³-hybridized carbons (Fsp3) is 0.231. The molecule has 0 saturated carbocycles. The minimum absolute atomic E-state index is 0.0183. The first-order chi connectivity index (χ1) is 16.5. The molecule has 3 aromatic rings. The predicted octanol–water partition coefficient (Wildman–Crippen LogP) is 3.62. The average molecular weight is 466 g/mol. The molecule has 2 amide bonds. The van der Waals surface area contributed by atoms with Crippen molar-refractivity contribution in [2.75, 3.05) is 26.4 Å². The van der Waals surface area contributed by atoms with Gasteiger partial charge in [-0.2, -0.15) is 0 Å². The predicted molar refractivity (Wildman–Crippen MR) is 122 cm³/mol. The molecule has 34 heavy (non-hydrogen) atoms. The van der Waals surface area contributed by atoms with Gasteiger partial charge in [-0.1, -0.05) is 12.1 Å². The van der Waals surface area contributed by atoms with E-state index in [1.807, 2.05) is 12.1 Å². The highest BCUT2D eigenvalue weighted by molar-refractivity contribution is 5.95. The van der Waals surface area contributed by atoms with Crippen LogP contribution in [-0.4, -0.2) is 38.2 Å². The Morgan fingerprint density at radius 3 is 2.62 bits per heavy atom. The van der Waals surface area contributed by atoms with Gasteiger partial charge in [0.25, 0.3) is 11.8 Å². The van der Waals surface area contributed by atoms with E-state index in [0.29, 0.717) is 55.2 Å². The van der Waals surface area contributed by atoms with Crippen LogP contribution in [0.1, 0.15) is 37.4 Å². The Kier molecular flexibility index (Phi) is 7.49. The second-order valence-corrected chi connectivity index (χ2v) is 7.88. The molecule has 2 N–H and O–H groups in total. The van der Waals surface area contributed by atoms with Crippen molar-refractivity contribution in [2.24, 2.45) is 0 Å². The third kappa shape index (κ3) is 6.17. The number of hydrogen-bond donors (Lipinski definition) is 2. The Morgan fingerprint density at radius 1 is 0.971 bits per heavy atom. The van der Waals surface area contributed by atoms with Crippen molar-refractivity contribution in [2.45, 2.75) is 13.0 Å². The van der Waals surface area contributed by atoms with Gasteiger partial charge in [0.2, 0.25) is 0 Å². The van der Waals surface area contributed by atoms with Gasteiger partial charge < -0.3 is 20.1 Å². The fourth-order valence-corrected chi connectivity index (χ4v) is 3.69. The number of fused-ring (bicyclic) bond motifs is 3. The number of hydrogen-bond acceptors (Lipinski definition) is 4. The van der Waals surface area contributed by atoms with E-state index in [2.05, 4.69) is 10.6 Å². The molecular weight excluding hydrogens is 442 g/mol. The topological polar surface area (TPSA) is 76.7 Å². The summed E-state index contributed by atoms with van der Waals surface area (Å²) in [5, 5.41) is 5.50. The number of nitrogens with one attached hydrogen (secondary N) is 2. The van der Waals surface area contributed by atoms with Gasteiger partial charge in [-0.05, 0) is 59.2 Å². The lowest BCUT2D eigenvalue weighted by Gasteiger charge is -2.15. The third-order valence-electron chi connectivity index (χ3n) is 5.30. The van der Waals surface area contributed by atoms with E-state index in [-0.39, 0.29) is 18.4 Å². The lowest BCUT2D eigenvalue weighted by atomic mass is 9.99. The zero-order valence-electron chi connectivity index (χ0n) is 18.4. The summed E-state index contributed by atoms with van der Waals surface area (Å²) in [5.74, 6) is -1.36. The molecule has 8 heteroatoms. The summed E-state index contributed by atoms with van der Waals surface area (Å²) in [7, 11) is 0. The van der Waals surface area contributed by atoms with Gasteiger partial charge in [0.1, 0.15) is 24.0 Å². The van der Waals surface area contributed by atoms with Crippen molar-refractivity contribution in [1.82, 2.24) is 10.6 Å². The van der Waals surface area contributed by atoms with Crippen molar-refractivity contribution in [3.05, 3.63) is 100 Å². The number of ether oxygens (including phenoxy) is 2. The highest BCUT2D eigenvalue weighted by Gasteiger charge is 2.14. The van der Waals surface area contributed by atoms with Gasteiger partial charge in [-0.25, -0.2) is 8.78 Å². The SMILES string of the molecule is O=C1NCCOCCOc2ccc(C(=O)NCc3cc(F)cc(F)c3)cc2Cc2cccc1c2. The van der Waals surface area contributed by atoms with E-state index in [9.17, 15) is 18.4 Å². The molecule has 0 saturated heterocycles. The summed E-state index contributed by atoms with van der Waals surface area (Å²) in [5.41, 5.74) is 2.89. The maximum Gasteiger partial charge on any atom is 0.251 e. The van der Waals surface area contributed by atoms with Crippen molar-refractivity contribution >= 4 is 11.8 Å². The summed E-state index contributed by atoms with van der Waals surface area (Å²) < 4.78 is 38.2. The minimum atomic E-state index is -0.701. The van der Waals surface area contributed by atoms with Crippen LogP contribution in [0.3, 0.4) is 0 Å². The van der Waals surface area contributed by atoms with Gasteiger partial charge >= 0.3 is 0 Å². The van der Waals surface area contributed by atoms with Crippen LogP contribution >= 0.6 is 0 Å². The molecule has 0 unspecified atom stereocenters. The van der Waals surface area contributed by atoms with Crippen LogP contribution in [-0.2, 0) is 17.7 Å². The van der Waals surface area contributed by atoms with Crippen LogP contribution in [0.25, 0.3) is 0 Å². The standard InChI is InChI=1S/C26H24F2N2O4/c27-22-12-18(13-23(28)15-22)16-30-26(32)20-4-5-24-21(14-20)11-17-2-1-3-19(10-17)25(31)29-6-7-33-8-9-34-24/h1-5,10,12-15H,6-9,11,16H2,(H,29,31)(H,30,32). The number of carbonyl (C=O) groups is 2. The quantitative estimate of drug-likeness (QED) is 0.618. The van der Waals surface area contributed by atoms with Gasteiger partial charge in [-0.3, -0.25) is 9.59 Å². The normalized spacial score (nSPS) is 14.2. The molecular formula is C26H24F2N2O4. The van der Waals surface area contributed by atoms with Crippen LogP contribution < -0.4 is 15.4 Å². The maximum absolute atomic E-state index is 13.4. The first-order valence-electron chi connectivity index (χ1n) is 10.9. The summed E-state index contributed by atoms with van der Waals surface area (Å²) in [6.45, 7) is 1.43. The van der Waals surface area contributed by atoms with E-state index < -0.39 is 11.6 Å². The molecule has 0 radical (unpaired) electrons. The van der Waals surface area contributed by atoms with Crippen molar-refractivity contribution in [1.29, 1.82) is 0 Å². The largest absolute Gasteiger partial charge is 0.491 e. The highest BCUT2D eigenvalue weighted by atomic mass is 19.1. The van der Waals surface area contributed by atoms with Crippen LogP contribution in [0.4, 0.5) is 8.78 Å². The first-order valence-corrected chi connectivity index (χ1v) is 10.9. The summed E-state index contributed by atoms with van der Waals surface area (Å²) in [4.78, 5) is 25.1. The molecule has 2 bridgehead atoms. The van der Waals surface area contributed by atoms with Gasteiger partial charge in [0, 0.05) is 36.7 Å². The van der Waals surface area contributed by atoms with E-state index in [1.54, 1.807) is 30.3 Å². The van der Waals surface area contributed by atoms with E-state index in [0.717, 1.165) is 17.2 Å². The molecule has 3 aromatic carbocycles. The Bertz CT molecular complexity index is 1180. The molecule has 6 nitrogen and oxygen atoms in total. The van der Waals surface area contributed by atoms with E-state index in [1.165, 1.54) is 12.1 Å². The monoisotopic (exact) mass is 466 g/mol. The van der Waals surface area contributed by atoms with E-state index in [4.69, 9.17) is 9.47 Å². The number of amides is 2. The molecule has 0 atom stereocenters. The lowest BCUT2D eigenvalue weighted by Crippen LogP contribution is -2.28. The Hall–Kier alpha value is -3.78. The Labute approximate surface area is 195 Å². The number of carbonyl (C=O) groups excluding carboxylic acids is 2. The smallest absolute Gasteiger partial charge is 0.251 e. The zero-order valence-corrected chi connectivity index (χ0v) is 18.4. The zero-order chi connectivity index (χ0) is 23.9. The number of rotatable bonds is 3. The molecule has 4 rings (SSSR count). The molecule has 0 aromatic heterocycles. The van der Waals surface area contributed by atoms with Crippen molar-refractivity contribution < 1.29 is 27.8 Å². The average Bonchev–Trinajstić information content (AvgIpc) is 2.81. The van der Waals surface area contributed by atoms with Crippen LogP contribution in [0.15, 0.2) is 60.7 Å². The molecule has 0 fully saturated rings. The summed E-state index contributed by atoms with van der Waals surface area (Å²) >= 11 is 0. The minimum Gasteiger partial charge on any atom is -0.491 e.